The van der Waals surface area contributed by atoms with Crippen molar-refractivity contribution in [3.05, 3.63) is 39.9 Å². The maximum atomic E-state index is 11.9. The Morgan fingerprint density at radius 1 is 1.48 bits per heavy atom. The fourth-order valence-corrected chi connectivity index (χ4v) is 1.55. The second-order valence-corrected chi connectivity index (χ2v) is 4.87. The molecule has 21 heavy (non-hydrogen) atoms. The number of benzene rings is 1. The molecule has 0 aromatic heterocycles. The van der Waals surface area contributed by atoms with Gasteiger partial charge in [0.25, 0.3) is 5.69 Å². The van der Waals surface area contributed by atoms with Crippen LogP contribution in [0.5, 0.6) is 0 Å². The van der Waals surface area contributed by atoms with Gasteiger partial charge in [-0.1, -0.05) is 12.1 Å². The topological polar surface area (TPSA) is 130 Å². The van der Waals surface area contributed by atoms with E-state index in [0.29, 0.717) is 5.56 Å². The van der Waals surface area contributed by atoms with Crippen LogP contribution in [0.2, 0.25) is 0 Å². The van der Waals surface area contributed by atoms with E-state index in [4.69, 9.17) is 5.11 Å². The molecule has 1 aromatic carbocycles. The van der Waals surface area contributed by atoms with Crippen molar-refractivity contribution < 1.29 is 24.7 Å². The molecule has 0 aliphatic carbocycles. The molecule has 8 nitrogen and oxygen atoms in total. The summed E-state index contributed by atoms with van der Waals surface area (Å²) in [6.07, 6.45) is 0. The van der Waals surface area contributed by atoms with Crippen LogP contribution in [-0.2, 0) is 9.59 Å². The van der Waals surface area contributed by atoms with Crippen LogP contribution in [0.15, 0.2) is 24.3 Å². The predicted octanol–water partition coefficient (Wildman–Crippen LogP) is 0.650. The first-order valence-corrected chi connectivity index (χ1v) is 6.13. The van der Waals surface area contributed by atoms with Crippen molar-refractivity contribution in [2.24, 2.45) is 0 Å². The molecule has 1 aromatic rings. The zero-order chi connectivity index (χ0) is 16.2. The Morgan fingerprint density at radius 2 is 2.10 bits per heavy atom. The van der Waals surface area contributed by atoms with Crippen molar-refractivity contribution in [1.29, 1.82) is 0 Å². The first-order chi connectivity index (χ1) is 9.65. The second-order valence-electron chi connectivity index (χ2n) is 4.87. The molecule has 114 valence electrons. The highest BCUT2D eigenvalue weighted by Crippen LogP contribution is 2.20. The number of rotatable bonds is 6. The molecule has 0 aliphatic heterocycles. The number of nitrogens with one attached hydrogen (secondary N) is 1. The lowest BCUT2D eigenvalue weighted by Gasteiger charge is -2.20. The maximum absolute atomic E-state index is 11.9. The molecule has 8 heteroatoms. The zero-order valence-corrected chi connectivity index (χ0v) is 11.6. The monoisotopic (exact) mass is 296 g/mol. The quantitative estimate of drug-likeness (QED) is 0.522. The van der Waals surface area contributed by atoms with Gasteiger partial charge in [-0.3, -0.25) is 14.9 Å². The Labute approximate surface area is 120 Å². The number of non-ortho nitro benzene ring substituents is 1. The Morgan fingerprint density at radius 3 is 2.62 bits per heavy atom. The van der Waals surface area contributed by atoms with E-state index >= 15 is 0 Å². The minimum Gasteiger partial charge on any atom is -0.479 e. The van der Waals surface area contributed by atoms with Gasteiger partial charge in [0, 0.05) is 12.1 Å². The van der Waals surface area contributed by atoms with Crippen LogP contribution in [0.1, 0.15) is 25.3 Å². The number of nitro groups is 1. The lowest BCUT2D eigenvalue weighted by atomic mass is 9.99. The van der Waals surface area contributed by atoms with Gasteiger partial charge in [-0.15, -0.1) is 0 Å². The number of carbonyl (C=O) groups is 2. The SMILES string of the molecule is CC(C(=O)NCC(C)(O)C(=O)O)c1cccc([N+](=O)[O-])c1. The highest BCUT2D eigenvalue weighted by atomic mass is 16.6. The van der Waals surface area contributed by atoms with Gasteiger partial charge in [0.05, 0.1) is 17.4 Å². The van der Waals surface area contributed by atoms with E-state index in [9.17, 15) is 24.8 Å². The van der Waals surface area contributed by atoms with E-state index in [1.807, 2.05) is 0 Å². The number of carboxylic acids is 1. The lowest BCUT2D eigenvalue weighted by Crippen LogP contribution is -2.47. The van der Waals surface area contributed by atoms with E-state index in [-0.39, 0.29) is 5.69 Å². The van der Waals surface area contributed by atoms with Gasteiger partial charge in [-0.05, 0) is 19.4 Å². The second kappa shape index (κ2) is 6.31. The molecule has 0 spiro atoms. The summed E-state index contributed by atoms with van der Waals surface area (Å²) in [6, 6.07) is 5.61. The standard InChI is InChI=1S/C13H16N2O6/c1-8(9-4-3-5-10(6-9)15(20)21)11(16)14-7-13(2,19)12(17)18/h3-6,8,19H,7H2,1-2H3,(H,14,16)(H,17,18). The highest BCUT2D eigenvalue weighted by Gasteiger charge is 2.31. The Balaban J connectivity index is 2.77. The molecular formula is C13H16N2O6. The third-order valence-electron chi connectivity index (χ3n) is 3.04. The minimum atomic E-state index is -2.07. The molecule has 0 aliphatic rings. The van der Waals surface area contributed by atoms with E-state index < -0.39 is 34.9 Å². The van der Waals surface area contributed by atoms with Gasteiger partial charge in [-0.2, -0.15) is 0 Å². The number of hydrogen-bond donors (Lipinski definition) is 3. The number of carbonyl (C=O) groups excluding carboxylic acids is 1. The smallest absolute Gasteiger partial charge is 0.337 e. The van der Waals surface area contributed by atoms with Crippen molar-refractivity contribution in [1.82, 2.24) is 5.32 Å². The van der Waals surface area contributed by atoms with Crippen LogP contribution in [-0.4, -0.2) is 39.2 Å². The number of carboxylic acid groups (broad SMARTS) is 1. The summed E-state index contributed by atoms with van der Waals surface area (Å²) in [5.41, 5.74) is -1.78. The largest absolute Gasteiger partial charge is 0.479 e. The lowest BCUT2D eigenvalue weighted by molar-refractivity contribution is -0.384. The molecule has 0 radical (unpaired) electrons. The average Bonchev–Trinajstić information content (AvgIpc) is 2.43. The third kappa shape index (κ3) is 4.25. The zero-order valence-electron chi connectivity index (χ0n) is 11.6. The van der Waals surface area contributed by atoms with Crippen molar-refractivity contribution in [3.63, 3.8) is 0 Å². The van der Waals surface area contributed by atoms with E-state index in [2.05, 4.69) is 5.32 Å². The molecule has 2 unspecified atom stereocenters. The number of nitrogens with zero attached hydrogens (tertiary/aromatic N) is 1. The molecule has 2 atom stereocenters. The van der Waals surface area contributed by atoms with E-state index in [1.54, 1.807) is 6.07 Å². The summed E-state index contributed by atoms with van der Waals surface area (Å²) in [4.78, 5) is 32.7. The molecule has 0 fully saturated rings. The van der Waals surface area contributed by atoms with Gasteiger partial charge >= 0.3 is 5.97 Å². The van der Waals surface area contributed by atoms with E-state index in [1.165, 1.54) is 25.1 Å². The fraction of sp³-hybridized carbons (Fsp3) is 0.385. The first kappa shape index (κ1) is 16.6. The van der Waals surface area contributed by atoms with Gasteiger partial charge in [0.1, 0.15) is 0 Å². The number of nitro benzene ring substituents is 1. The third-order valence-corrected chi connectivity index (χ3v) is 3.04. The molecule has 0 saturated heterocycles. The van der Waals surface area contributed by atoms with Gasteiger partial charge < -0.3 is 15.5 Å². The molecular weight excluding hydrogens is 280 g/mol. The van der Waals surface area contributed by atoms with Crippen molar-refractivity contribution >= 4 is 17.6 Å². The Hall–Kier alpha value is -2.48. The van der Waals surface area contributed by atoms with Crippen LogP contribution in [0.3, 0.4) is 0 Å². The van der Waals surface area contributed by atoms with Gasteiger partial charge in [0.15, 0.2) is 5.60 Å². The summed E-state index contributed by atoms with van der Waals surface area (Å²) in [6.45, 7) is 2.14. The maximum Gasteiger partial charge on any atom is 0.337 e. The van der Waals surface area contributed by atoms with Crippen LogP contribution in [0, 0.1) is 10.1 Å². The number of aliphatic hydroxyl groups is 1. The van der Waals surface area contributed by atoms with Gasteiger partial charge in [0.2, 0.25) is 5.91 Å². The summed E-state index contributed by atoms with van der Waals surface area (Å²) >= 11 is 0. The number of amides is 1. The molecule has 1 amide bonds. The average molecular weight is 296 g/mol. The number of hydrogen-bond acceptors (Lipinski definition) is 5. The van der Waals surface area contributed by atoms with Crippen molar-refractivity contribution in [3.8, 4) is 0 Å². The molecule has 3 N–H and O–H groups in total. The van der Waals surface area contributed by atoms with Crippen molar-refractivity contribution in [2.75, 3.05) is 6.54 Å². The molecule has 0 saturated carbocycles. The first-order valence-electron chi connectivity index (χ1n) is 6.13. The minimum absolute atomic E-state index is 0.135. The van der Waals surface area contributed by atoms with E-state index in [0.717, 1.165) is 6.92 Å². The van der Waals surface area contributed by atoms with Crippen LogP contribution in [0.4, 0.5) is 5.69 Å². The Bertz CT molecular complexity index is 570. The molecule has 1 rings (SSSR count). The summed E-state index contributed by atoms with van der Waals surface area (Å²) in [5, 5.41) is 31.2. The van der Waals surface area contributed by atoms with Crippen LogP contribution >= 0.6 is 0 Å². The van der Waals surface area contributed by atoms with Crippen LogP contribution in [0.25, 0.3) is 0 Å². The normalized spacial score (nSPS) is 14.8. The summed E-state index contributed by atoms with van der Waals surface area (Å²) in [5.74, 6) is -2.70. The highest BCUT2D eigenvalue weighted by molar-refractivity contribution is 5.84. The van der Waals surface area contributed by atoms with Crippen molar-refractivity contribution in [2.45, 2.75) is 25.4 Å². The predicted molar refractivity (Wildman–Crippen MR) is 72.8 cm³/mol. The summed E-state index contributed by atoms with van der Waals surface area (Å²) in [7, 11) is 0. The van der Waals surface area contributed by atoms with Gasteiger partial charge in [-0.25, -0.2) is 4.79 Å². The Kier molecular flexibility index (Phi) is 4.98. The molecule has 0 bridgehead atoms. The number of aliphatic carboxylic acids is 1. The molecule has 0 heterocycles. The van der Waals surface area contributed by atoms with Crippen LogP contribution < -0.4 is 5.32 Å². The fourth-order valence-electron chi connectivity index (χ4n) is 1.55. The summed E-state index contributed by atoms with van der Waals surface area (Å²) < 4.78 is 0.